The molecule has 23 heavy (non-hydrogen) atoms. The Balaban J connectivity index is 1.66. The fourth-order valence-corrected chi connectivity index (χ4v) is 2.97. The molecule has 6 heteroatoms. The molecular formula is C17H24N4O2. The normalized spacial score (nSPS) is 22.1. The molecule has 1 unspecified atom stereocenters. The molecule has 3 rings (SSSR count). The number of hydrogen-bond acceptors (Lipinski definition) is 5. The Bertz CT molecular complexity index is 653. The molecule has 124 valence electrons. The maximum absolute atomic E-state index is 10.9. The van der Waals surface area contributed by atoms with Crippen LogP contribution in [0.4, 0.5) is 0 Å². The summed E-state index contributed by atoms with van der Waals surface area (Å²) in [6.07, 6.45) is 2.52. The van der Waals surface area contributed by atoms with Gasteiger partial charge in [0, 0.05) is 25.7 Å². The maximum Gasteiger partial charge on any atom is 0.124 e. The minimum Gasteiger partial charge on any atom is -0.392 e. The number of likely N-dealkylation sites (tertiary alicyclic amines) is 1. The number of nitrogens with zero attached hydrogens (tertiary/aromatic N) is 4. The van der Waals surface area contributed by atoms with E-state index < -0.39 is 5.60 Å². The molecular weight excluding hydrogens is 292 g/mol. The molecule has 1 fully saturated rings. The van der Waals surface area contributed by atoms with Gasteiger partial charge in [0.05, 0.1) is 12.8 Å². The molecule has 1 aliphatic rings. The molecule has 0 amide bonds. The molecule has 2 aromatic rings. The standard InChI is InChI=1S/C17H24N4O2/c1-13(2)21-10-16(18-19-21)17(23)7-8-20(12-17)9-14-3-5-15(11-22)6-4-14/h3-6,10,13,22-23H,7-9,11-12H2,1-2H3. The summed E-state index contributed by atoms with van der Waals surface area (Å²) < 4.78 is 1.78. The van der Waals surface area contributed by atoms with E-state index >= 15 is 0 Å². The largest absolute Gasteiger partial charge is 0.392 e. The fraction of sp³-hybridized carbons (Fsp3) is 0.529. The summed E-state index contributed by atoms with van der Waals surface area (Å²) in [4.78, 5) is 2.22. The number of aromatic nitrogens is 3. The van der Waals surface area contributed by atoms with E-state index in [4.69, 9.17) is 5.11 Å². The first kappa shape index (κ1) is 16.1. The SMILES string of the molecule is CC(C)n1cc(C2(O)CCN(Cc3ccc(CO)cc3)C2)nn1. The van der Waals surface area contributed by atoms with Gasteiger partial charge in [-0.3, -0.25) is 4.90 Å². The Morgan fingerprint density at radius 1 is 1.22 bits per heavy atom. The highest BCUT2D eigenvalue weighted by molar-refractivity contribution is 5.22. The van der Waals surface area contributed by atoms with E-state index in [1.54, 1.807) is 4.68 Å². The minimum atomic E-state index is -0.918. The van der Waals surface area contributed by atoms with Crippen LogP contribution in [0.15, 0.2) is 30.5 Å². The van der Waals surface area contributed by atoms with Gasteiger partial charge in [-0.15, -0.1) is 5.10 Å². The monoisotopic (exact) mass is 316 g/mol. The fourth-order valence-electron chi connectivity index (χ4n) is 2.97. The molecule has 1 aliphatic heterocycles. The number of aliphatic hydroxyl groups is 2. The van der Waals surface area contributed by atoms with Crippen molar-refractivity contribution in [3.63, 3.8) is 0 Å². The zero-order valence-corrected chi connectivity index (χ0v) is 13.7. The zero-order valence-electron chi connectivity index (χ0n) is 13.7. The molecule has 1 aromatic heterocycles. The van der Waals surface area contributed by atoms with Crippen molar-refractivity contribution in [1.82, 2.24) is 19.9 Å². The second kappa shape index (κ2) is 6.39. The van der Waals surface area contributed by atoms with Crippen LogP contribution < -0.4 is 0 Å². The van der Waals surface area contributed by atoms with Crippen LogP contribution in [0.3, 0.4) is 0 Å². The van der Waals surface area contributed by atoms with Crippen molar-refractivity contribution in [3.05, 3.63) is 47.3 Å². The Hall–Kier alpha value is -1.76. The van der Waals surface area contributed by atoms with E-state index in [9.17, 15) is 5.11 Å². The molecule has 1 saturated heterocycles. The van der Waals surface area contributed by atoms with Crippen molar-refractivity contribution in [2.75, 3.05) is 13.1 Å². The summed E-state index contributed by atoms with van der Waals surface area (Å²) in [5.41, 5.74) is 1.83. The zero-order chi connectivity index (χ0) is 16.4. The predicted octanol–water partition coefficient (Wildman–Crippen LogP) is 1.44. The summed E-state index contributed by atoms with van der Waals surface area (Å²) in [6.45, 7) is 6.32. The molecule has 0 aliphatic carbocycles. The number of benzene rings is 1. The van der Waals surface area contributed by atoms with Gasteiger partial charge in [-0.05, 0) is 31.4 Å². The van der Waals surface area contributed by atoms with Crippen LogP contribution in [0.5, 0.6) is 0 Å². The summed E-state index contributed by atoms with van der Waals surface area (Å²) in [6, 6.07) is 8.16. The lowest BCUT2D eigenvalue weighted by Crippen LogP contribution is -2.31. The van der Waals surface area contributed by atoms with Gasteiger partial charge in [0.25, 0.3) is 0 Å². The Morgan fingerprint density at radius 3 is 2.52 bits per heavy atom. The van der Waals surface area contributed by atoms with E-state index in [2.05, 4.69) is 15.2 Å². The van der Waals surface area contributed by atoms with E-state index in [1.807, 2.05) is 44.3 Å². The lowest BCUT2D eigenvalue weighted by atomic mass is 10.00. The topological polar surface area (TPSA) is 74.4 Å². The van der Waals surface area contributed by atoms with Crippen molar-refractivity contribution < 1.29 is 10.2 Å². The first-order chi connectivity index (χ1) is 11.0. The lowest BCUT2D eigenvalue weighted by Gasteiger charge is -2.21. The summed E-state index contributed by atoms with van der Waals surface area (Å²) >= 11 is 0. The van der Waals surface area contributed by atoms with E-state index in [0.29, 0.717) is 18.7 Å². The first-order valence-corrected chi connectivity index (χ1v) is 8.06. The van der Waals surface area contributed by atoms with Crippen molar-refractivity contribution >= 4 is 0 Å². The highest BCUT2D eigenvalue weighted by atomic mass is 16.3. The number of rotatable bonds is 5. The van der Waals surface area contributed by atoms with Crippen LogP contribution in [0.25, 0.3) is 0 Å². The van der Waals surface area contributed by atoms with Crippen LogP contribution in [0.1, 0.15) is 43.1 Å². The minimum absolute atomic E-state index is 0.0647. The van der Waals surface area contributed by atoms with Crippen LogP contribution in [-0.4, -0.2) is 43.2 Å². The quantitative estimate of drug-likeness (QED) is 0.873. The molecule has 2 N–H and O–H groups in total. The number of β-amino-alcohol motifs (C(OH)–C–C–N with tert-alkyl or cyclic N) is 1. The average Bonchev–Trinajstić information content (AvgIpc) is 3.16. The van der Waals surface area contributed by atoms with Crippen LogP contribution in [0, 0.1) is 0 Å². The molecule has 1 aromatic carbocycles. The highest BCUT2D eigenvalue weighted by Gasteiger charge is 2.40. The lowest BCUT2D eigenvalue weighted by molar-refractivity contribution is 0.0408. The second-order valence-electron chi connectivity index (χ2n) is 6.64. The van der Waals surface area contributed by atoms with E-state index in [-0.39, 0.29) is 12.6 Å². The molecule has 6 nitrogen and oxygen atoms in total. The Labute approximate surface area is 136 Å². The Morgan fingerprint density at radius 2 is 1.91 bits per heavy atom. The summed E-state index contributed by atoms with van der Waals surface area (Å²) in [5.74, 6) is 0. The third-order valence-electron chi connectivity index (χ3n) is 4.45. The van der Waals surface area contributed by atoms with Gasteiger partial charge in [0.2, 0.25) is 0 Å². The van der Waals surface area contributed by atoms with Gasteiger partial charge in [-0.1, -0.05) is 29.5 Å². The van der Waals surface area contributed by atoms with Crippen LogP contribution in [-0.2, 0) is 18.8 Å². The van der Waals surface area contributed by atoms with Gasteiger partial charge < -0.3 is 10.2 Å². The third kappa shape index (κ3) is 3.44. The van der Waals surface area contributed by atoms with Crippen LogP contribution >= 0.6 is 0 Å². The third-order valence-corrected chi connectivity index (χ3v) is 4.45. The van der Waals surface area contributed by atoms with E-state index in [0.717, 1.165) is 18.7 Å². The highest BCUT2D eigenvalue weighted by Crippen LogP contribution is 2.31. The molecule has 0 bridgehead atoms. The number of aliphatic hydroxyl groups excluding tert-OH is 1. The summed E-state index contributed by atoms with van der Waals surface area (Å²) in [7, 11) is 0. The van der Waals surface area contributed by atoms with Gasteiger partial charge in [0.15, 0.2) is 0 Å². The van der Waals surface area contributed by atoms with E-state index in [1.165, 1.54) is 5.56 Å². The van der Waals surface area contributed by atoms with Crippen molar-refractivity contribution in [2.45, 2.75) is 45.1 Å². The summed E-state index contributed by atoms with van der Waals surface area (Å²) in [5, 5.41) is 28.2. The average molecular weight is 316 g/mol. The Kier molecular flexibility index (Phi) is 4.48. The van der Waals surface area contributed by atoms with Crippen LogP contribution in [0.2, 0.25) is 0 Å². The predicted molar refractivity (Wildman–Crippen MR) is 86.6 cm³/mol. The molecule has 0 saturated carbocycles. The smallest absolute Gasteiger partial charge is 0.124 e. The van der Waals surface area contributed by atoms with Gasteiger partial charge >= 0.3 is 0 Å². The van der Waals surface area contributed by atoms with Gasteiger partial charge in [-0.25, -0.2) is 4.68 Å². The molecule has 2 heterocycles. The maximum atomic E-state index is 10.9. The molecule has 0 radical (unpaired) electrons. The van der Waals surface area contributed by atoms with Gasteiger partial charge in [0.1, 0.15) is 11.3 Å². The van der Waals surface area contributed by atoms with Crippen molar-refractivity contribution in [3.8, 4) is 0 Å². The second-order valence-corrected chi connectivity index (χ2v) is 6.64. The number of hydrogen-bond donors (Lipinski definition) is 2. The van der Waals surface area contributed by atoms with Gasteiger partial charge in [-0.2, -0.15) is 0 Å². The molecule has 1 atom stereocenters. The van der Waals surface area contributed by atoms with Crippen molar-refractivity contribution in [2.24, 2.45) is 0 Å². The molecule has 0 spiro atoms. The van der Waals surface area contributed by atoms with Crippen molar-refractivity contribution in [1.29, 1.82) is 0 Å². The first-order valence-electron chi connectivity index (χ1n) is 8.06.